The first-order valence-corrected chi connectivity index (χ1v) is 6.48. The fraction of sp³-hybridized carbons (Fsp3) is 0.846. The molecule has 94 valence electrons. The summed E-state index contributed by atoms with van der Waals surface area (Å²) in [6.07, 6.45) is 6.61. The number of rotatable bonds is 7. The van der Waals surface area contributed by atoms with Crippen molar-refractivity contribution in [2.45, 2.75) is 44.8 Å². The number of nitrogens with zero attached hydrogens (tertiary/aromatic N) is 1. The summed E-state index contributed by atoms with van der Waals surface area (Å²) in [5, 5.41) is 0. The molecule has 0 aliphatic carbocycles. The Morgan fingerprint density at radius 2 is 2.44 bits per heavy atom. The zero-order valence-electron chi connectivity index (χ0n) is 10.5. The SMILES string of the molecule is C=CCCCC(N)C1CN(CCC)CCO1. The third-order valence-electron chi connectivity index (χ3n) is 3.14. The second-order valence-electron chi connectivity index (χ2n) is 4.59. The van der Waals surface area contributed by atoms with Crippen LogP contribution in [0, 0.1) is 0 Å². The molecule has 2 N–H and O–H groups in total. The predicted octanol–water partition coefficient (Wildman–Crippen LogP) is 1.78. The minimum atomic E-state index is 0.180. The topological polar surface area (TPSA) is 38.5 Å². The van der Waals surface area contributed by atoms with Gasteiger partial charge in [-0.3, -0.25) is 4.90 Å². The molecule has 0 aromatic carbocycles. The van der Waals surface area contributed by atoms with Gasteiger partial charge in [0.05, 0.1) is 12.7 Å². The van der Waals surface area contributed by atoms with Gasteiger partial charge in [0.15, 0.2) is 0 Å². The highest BCUT2D eigenvalue weighted by molar-refractivity contribution is 4.81. The van der Waals surface area contributed by atoms with Crippen LogP contribution in [0.1, 0.15) is 32.6 Å². The Kier molecular flexibility index (Phi) is 6.69. The number of allylic oxidation sites excluding steroid dienone is 1. The van der Waals surface area contributed by atoms with Gasteiger partial charge in [-0.2, -0.15) is 0 Å². The molecule has 0 aromatic rings. The number of hydrogen-bond donors (Lipinski definition) is 1. The van der Waals surface area contributed by atoms with Crippen LogP contribution in [0.5, 0.6) is 0 Å². The molecule has 0 saturated carbocycles. The van der Waals surface area contributed by atoms with Crippen LogP contribution in [0.15, 0.2) is 12.7 Å². The quantitative estimate of drug-likeness (QED) is 0.531. The zero-order valence-corrected chi connectivity index (χ0v) is 10.5. The van der Waals surface area contributed by atoms with E-state index in [1.807, 2.05) is 6.08 Å². The van der Waals surface area contributed by atoms with Gasteiger partial charge in [-0.25, -0.2) is 0 Å². The van der Waals surface area contributed by atoms with Gasteiger partial charge in [0.25, 0.3) is 0 Å². The number of hydrogen-bond acceptors (Lipinski definition) is 3. The van der Waals surface area contributed by atoms with Crippen LogP contribution in [0.25, 0.3) is 0 Å². The highest BCUT2D eigenvalue weighted by atomic mass is 16.5. The summed E-state index contributed by atoms with van der Waals surface area (Å²) < 4.78 is 5.75. The van der Waals surface area contributed by atoms with Gasteiger partial charge < -0.3 is 10.5 Å². The average Bonchev–Trinajstić information content (AvgIpc) is 2.30. The van der Waals surface area contributed by atoms with Crippen molar-refractivity contribution in [3.05, 3.63) is 12.7 Å². The van der Waals surface area contributed by atoms with Gasteiger partial charge in [0.1, 0.15) is 0 Å². The summed E-state index contributed by atoms with van der Waals surface area (Å²) >= 11 is 0. The van der Waals surface area contributed by atoms with E-state index in [4.69, 9.17) is 10.5 Å². The molecule has 0 spiro atoms. The lowest BCUT2D eigenvalue weighted by molar-refractivity contribution is -0.0415. The molecule has 1 fully saturated rings. The van der Waals surface area contributed by atoms with Crippen LogP contribution in [-0.4, -0.2) is 43.3 Å². The maximum absolute atomic E-state index is 6.16. The van der Waals surface area contributed by atoms with Crippen molar-refractivity contribution in [2.24, 2.45) is 5.73 Å². The summed E-state index contributed by atoms with van der Waals surface area (Å²) in [6.45, 7) is 10.0. The Labute approximate surface area is 99.6 Å². The van der Waals surface area contributed by atoms with Crippen molar-refractivity contribution < 1.29 is 4.74 Å². The van der Waals surface area contributed by atoms with E-state index in [9.17, 15) is 0 Å². The van der Waals surface area contributed by atoms with Crippen molar-refractivity contribution >= 4 is 0 Å². The molecule has 3 nitrogen and oxygen atoms in total. The Morgan fingerprint density at radius 3 is 3.12 bits per heavy atom. The van der Waals surface area contributed by atoms with Crippen molar-refractivity contribution in [1.29, 1.82) is 0 Å². The van der Waals surface area contributed by atoms with Gasteiger partial charge in [0.2, 0.25) is 0 Å². The first-order valence-electron chi connectivity index (χ1n) is 6.48. The fourth-order valence-electron chi connectivity index (χ4n) is 2.19. The van der Waals surface area contributed by atoms with Gasteiger partial charge in [-0.15, -0.1) is 6.58 Å². The molecule has 3 heteroatoms. The smallest absolute Gasteiger partial charge is 0.0853 e. The molecule has 2 unspecified atom stereocenters. The molecular formula is C13H26N2O. The van der Waals surface area contributed by atoms with E-state index < -0.39 is 0 Å². The van der Waals surface area contributed by atoms with Crippen molar-refractivity contribution in [3.63, 3.8) is 0 Å². The number of unbranched alkanes of at least 4 members (excludes halogenated alkanes) is 1. The van der Waals surface area contributed by atoms with E-state index in [1.54, 1.807) is 0 Å². The monoisotopic (exact) mass is 226 g/mol. The number of ether oxygens (including phenoxy) is 1. The molecule has 1 aliphatic rings. The summed E-state index contributed by atoms with van der Waals surface area (Å²) in [5.74, 6) is 0. The van der Waals surface area contributed by atoms with E-state index in [0.717, 1.165) is 39.0 Å². The lowest BCUT2D eigenvalue weighted by Gasteiger charge is -2.35. The van der Waals surface area contributed by atoms with E-state index in [2.05, 4.69) is 18.4 Å². The molecule has 1 saturated heterocycles. The third kappa shape index (κ3) is 4.64. The maximum Gasteiger partial charge on any atom is 0.0853 e. The standard InChI is InChI=1S/C13H26N2O/c1-3-5-6-7-12(14)13-11-15(8-4-2)9-10-16-13/h3,12-13H,1,4-11,14H2,2H3. The summed E-state index contributed by atoms with van der Waals surface area (Å²) in [5.41, 5.74) is 6.16. The van der Waals surface area contributed by atoms with E-state index in [0.29, 0.717) is 0 Å². The highest BCUT2D eigenvalue weighted by Gasteiger charge is 2.24. The summed E-state index contributed by atoms with van der Waals surface area (Å²) in [6, 6.07) is 0.180. The van der Waals surface area contributed by atoms with Crippen LogP contribution < -0.4 is 5.73 Å². The minimum Gasteiger partial charge on any atom is -0.374 e. The average molecular weight is 226 g/mol. The number of nitrogens with two attached hydrogens (primary N) is 1. The van der Waals surface area contributed by atoms with Crippen LogP contribution in [0.4, 0.5) is 0 Å². The van der Waals surface area contributed by atoms with E-state index in [-0.39, 0.29) is 12.1 Å². The normalized spacial score (nSPS) is 24.2. The Balaban J connectivity index is 2.25. The molecule has 0 aromatic heterocycles. The second-order valence-corrected chi connectivity index (χ2v) is 4.59. The molecule has 0 amide bonds. The predicted molar refractivity (Wildman–Crippen MR) is 68.5 cm³/mol. The zero-order chi connectivity index (χ0) is 11.8. The third-order valence-corrected chi connectivity index (χ3v) is 3.14. The Bertz CT molecular complexity index is 194. The first kappa shape index (κ1) is 13.7. The molecule has 1 rings (SSSR count). The molecular weight excluding hydrogens is 200 g/mol. The van der Waals surface area contributed by atoms with Gasteiger partial charge in [0, 0.05) is 19.1 Å². The minimum absolute atomic E-state index is 0.180. The highest BCUT2D eigenvalue weighted by Crippen LogP contribution is 2.12. The van der Waals surface area contributed by atoms with E-state index in [1.165, 1.54) is 13.0 Å². The molecule has 0 radical (unpaired) electrons. The number of morpholine rings is 1. The van der Waals surface area contributed by atoms with Crippen LogP contribution in [0.3, 0.4) is 0 Å². The summed E-state index contributed by atoms with van der Waals surface area (Å²) in [4.78, 5) is 2.46. The fourth-order valence-corrected chi connectivity index (χ4v) is 2.19. The molecule has 1 heterocycles. The van der Waals surface area contributed by atoms with Crippen LogP contribution in [0.2, 0.25) is 0 Å². The van der Waals surface area contributed by atoms with Crippen LogP contribution in [-0.2, 0) is 4.74 Å². The van der Waals surface area contributed by atoms with Crippen molar-refractivity contribution in [2.75, 3.05) is 26.2 Å². The van der Waals surface area contributed by atoms with Crippen molar-refractivity contribution in [3.8, 4) is 0 Å². The van der Waals surface area contributed by atoms with Crippen molar-refractivity contribution in [1.82, 2.24) is 4.90 Å². The second kappa shape index (κ2) is 7.82. The molecule has 1 aliphatic heterocycles. The molecule has 2 atom stereocenters. The maximum atomic E-state index is 6.16. The first-order chi connectivity index (χ1) is 7.77. The largest absolute Gasteiger partial charge is 0.374 e. The lowest BCUT2D eigenvalue weighted by atomic mass is 10.0. The molecule has 0 bridgehead atoms. The lowest BCUT2D eigenvalue weighted by Crippen LogP contribution is -2.50. The van der Waals surface area contributed by atoms with E-state index >= 15 is 0 Å². The van der Waals surface area contributed by atoms with Gasteiger partial charge in [-0.05, 0) is 32.2 Å². The van der Waals surface area contributed by atoms with Crippen LogP contribution >= 0.6 is 0 Å². The van der Waals surface area contributed by atoms with Gasteiger partial charge >= 0.3 is 0 Å². The Hall–Kier alpha value is -0.380. The molecule has 16 heavy (non-hydrogen) atoms. The Morgan fingerprint density at radius 1 is 1.62 bits per heavy atom. The summed E-state index contributed by atoms with van der Waals surface area (Å²) in [7, 11) is 0. The van der Waals surface area contributed by atoms with Gasteiger partial charge in [-0.1, -0.05) is 13.0 Å².